The zero-order valence-electron chi connectivity index (χ0n) is 18.9. The maximum Gasteiger partial charge on any atom is 0.252 e. The van der Waals surface area contributed by atoms with Crippen molar-refractivity contribution in [3.8, 4) is 0 Å². The van der Waals surface area contributed by atoms with Crippen molar-refractivity contribution < 1.29 is 9.59 Å². The van der Waals surface area contributed by atoms with E-state index < -0.39 is 0 Å². The molecule has 2 atom stereocenters. The number of benzene rings is 3. The molecule has 0 aliphatic rings. The van der Waals surface area contributed by atoms with E-state index in [4.69, 9.17) is 0 Å². The van der Waals surface area contributed by atoms with Crippen LogP contribution in [0.4, 0.5) is 0 Å². The summed E-state index contributed by atoms with van der Waals surface area (Å²) in [6, 6.07) is 27.5. The third kappa shape index (κ3) is 7.09. The molecule has 2 amide bonds. The van der Waals surface area contributed by atoms with E-state index in [1.165, 1.54) is 11.1 Å². The fraction of sp³-hybridized carbons (Fsp3) is 0.286. The summed E-state index contributed by atoms with van der Waals surface area (Å²) in [5.41, 5.74) is 3.31. The third-order valence-electron chi connectivity index (χ3n) is 5.59. The minimum Gasteiger partial charge on any atom is -0.350 e. The molecule has 0 saturated carbocycles. The van der Waals surface area contributed by atoms with Crippen LogP contribution in [-0.2, 0) is 12.8 Å². The highest BCUT2D eigenvalue weighted by atomic mass is 16.2. The zero-order chi connectivity index (χ0) is 22.8. The van der Waals surface area contributed by atoms with Gasteiger partial charge in [-0.1, -0.05) is 72.8 Å². The highest BCUT2D eigenvalue weighted by Crippen LogP contribution is 2.12. The minimum absolute atomic E-state index is 0.00335. The Balaban J connectivity index is 1.55. The van der Waals surface area contributed by atoms with Gasteiger partial charge in [0.15, 0.2) is 0 Å². The first-order valence-corrected chi connectivity index (χ1v) is 11.3. The number of aryl methyl sites for hydroxylation is 2. The van der Waals surface area contributed by atoms with Crippen LogP contribution in [0.2, 0.25) is 0 Å². The lowest BCUT2D eigenvalue weighted by atomic mass is 10.0. The predicted octanol–water partition coefficient (Wildman–Crippen LogP) is 5.19. The first-order chi connectivity index (χ1) is 15.5. The molecule has 0 aromatic heterocycles. The number of hydrogen-bond acceptors (Lipinski definition) is 2. The SMILES string of the molecule is C[C@@H](CCc1ccccc1)NC(=O)c1ccccc1C(=O)N[C@@H](C)CCc1ccccc1. The van der Waals surface area contributed by atoms with Gasteiger partial charge in [-0.25, -0.2) is 0 Å². The van der Waals surface area contributed by atoms with Gasteiger partial charge in [-0.2, -0.15) is 0 Å². The molecule has 0 spiro atoms. The Morgan fingerprint density at radius 3 is 1.31 bits per heavy atom. The molecule has 2 N–H and O–H groups in total. The van der Waals surface area contributed by atoms with Crippen LogP contribution in [0.5, 0.6) is 0 Å². The Bertz CT molecular complexity index is 920. The fourth-order valence-corrected chi connectivity index (χ4v) is 3.68. The molecule has 0 unspecified atom stereocenters. The molecule has 0 heterocycles. The molecule has 4 nitrogen and oxygen atoms in total. The molecule has 0 bridgehead atoms. The number of carbonyl (C=O) groups is 2. The summed E-state index contributed by atoms with van der Waals surface area (Å²) < 4.78 is 0. The first kappa shape index (κ1) is 23.3. The van der Waals surface area contributed by atoms with Crippen LogP contribution in [-0.4, -0.2) is 23.9 Å². The normalized spacial score (nSPS) is 12.6. The van der Waals surface area contributed by atoms with Crippen LogP contribution in [0.15, 0.2) is 84.9 Å². The van der Waals surface area contributed by atoms with Crippen LogP contribution < -0.4 is 10.6 Å². The number of carbonyl (C=O) groups excluding carboxylic acids is 2. The third-order valence-corrected chi connectivity index (χ3v) is 5.59. The quantitative estimate of drug-likeness (QED) is 0.467. The first-order valence-electron chi connectivity index (χ1n) is 11.3. The van der Waals surface area contributed by atoms with Crippen molar-refractivity contribution in [2.75, 3.05) is 0 Å². The van der Waals surface area contributed by atoms with Gasteiger partial charge < -0.3 is 10.6 Å². The summed E-state index contributed by atoms with van der Waals surface area (Å²) in [5, 5.41) is 6.09. The molecule has 0 aliphatic carbocycles. The van der Waals surface area contributed by atoms with Gasteiger partial charge in [-0.3, -0.25) is 9.59 Å². The number of nitrogens with one attached hydrogen (secondary N) is 2. The van der Waals surface area contributed by atoms with E-state index in [0.717, 1.165) is 25.7 Å². The summed E-state index contributed by atoms with van der Waals surface area (Å²) in [6.07, 6.45) is 3.45. The van der Waals surface area contributed by atoms with E-state index in [0.29, 0.717) is 11.1 Å². The van der Waals surface area contributed by atoms with Crippen LogP contribution in [0.1, 0.15) is 58.5 Å². The molecule has 3 aromatic rings. The van der Waals surface area contributed by atoms with Crippen molar-refractivity contribution in [3.63, 3.8) is 0 Å². The van der Waals surface area contributed by atoms with Crippen LogP contribution >= 0.6 is 0 Å². The lowest BCUT2D eigenvalue weighted by Crippen LogP contribution is -2.37. The average molecular weight is 429 g/mol. The summed E-state index contributed by atoms with van der Waals surface area (Å²) in [5.74, 6) is -0.429. The standard InChI is InChI=1S/C28H32N2O2/c1-21(17-19-23-11-5-3-6-12-23)29-27(31)25-15-9-10-16-26(25)28(32)30-22(2)18-20-24-13-7-4-8-14-24/h3-16,21-22H,17-20H2,1-2H3,(H,29,31)(H,30,32)/t21-,22-/m0/s1. The largest absolute Gasteiger partial charge is 0.350 e. The summed E-state index contributed by atoms with van der Waals surface area (Å²) in [6.45, 7) is 3.99. The van der Waals surface area contributed by atoms with E-state index in [1.54, 1.807) is 24.3 Å². The van der Waals surface area contributed by atoms with Crippen LogP contribution in [0.3, 0.4) is 0 Å². The Hall–Kier alpha value is -3.40. The molecule has 166 valence electrons. The minimum atomic E-state index is -0.215. The second kappa shape index (κ2) is 11.8. The summed E-state index contributed by atoms with van der Waals surface area (Å²) in [7, 11) is 0. The van der Waals surface area contributed by atoms with Gasteiger partial charge in [-0.05, 0) is 62.8 Å². The topological polar surface area (TPSA) is 58.2 Å². The second-order valence-corrected chi connectivity index (χ2v) is 8.34. The molecule has 32 heavy (non-hydrogen) atoms. The summed E-state index contributed by atoms with van der Waals surface area (Å²) >= 11 is 0. The molecule has 0 aliphatic heterocycles. The zero-order valence-corrected chi connectivity index (χ0v) is 18.9. The highest BCUT2D eigenvalue weighted by Gasteiger charge is 2.19. The molecule has 0 radical (unpaired) electrons. The molecule has 4 heteroatoms. The average Bonchev–Trinajstić information content (AvgIpc) is 2.82. The predicted molar refractivity (Wildman–Crippen MR) is 130 cm³/mol. The molecule has 0 fully saturated rings. The van der Waals surface area contributed by atoms with Gasteiger partial charge in [0, 0.05) is 12.1 Å². The van der Waals surface area contributed by atoms with Crippen molar-refractivity contribution in [2.45, 2.75) is 51.6 Å². The molecule has 3 aromatic carbocycles. The maximum absolute atomic E-state index is 12.9. The lowest BCUT2D eigenvalue weighted by Gasteiger charge is -2.17. The van der Waals surface area contributed by atoms with Gasteiger partial charge >= 0.3 is 0 Å². The molecule has 0 saturated heterocycles. The number of amides is 2. The van der Waals surface area contributed by atoms with Crippen LogP contribution in [0, 0.1) is 0 Å². The number of rotatable bonds is 10. The van der Waals surface area contributed by atoms with Gasteiger partial charge in [0.1, 0.15) is 0 Å². The van der Waals surface area contributed by atoms with Gasteiger partial charge in [0.2, 0.25) is 0 Å². The molecule has 3 rings (SSSR count). The van der Waals surface area contributed by atoms with Crippen LogP contribution in [0.25, 0.3) is 0 Å². The summed E-state index contributed by atoms with van der Waals surface area (Å²) in [4.78, 5) is 25.8. The van der Waals surface area contributed by atoms with E-state index >= 15 is 0 Å². The highest BCUT2D eigenvalue weighted by molar-refractivity contribution is 6.07. The fourth-order valence-electron chi connectivity index (χ4n) is 3.68. The Morgan fingerprint density at radius 2 is 0.938 bits per heavy atom. The van der Waals surface area contributed by atoms with Crippen molar-refractivity contribution in [1.82, 2.24) is 10.6 Å². The Morgan fingerprint density at radius 1 is 0.594 bits per heavy atom. The van der Waals surface area contributed by atoms with E-state index in [-0.39, 0.29) is 23.9 Å². The maximum atomic E-state index is 12.9. The Kier molecular flexibility index (Phi) is 8.61. The second-order valence-electron chi connectivity index (χ2n) is 8.34. The number of hydrogen-bond donors (Lipinski definition) is 2. The molecular weight excluding hydrogens is 396 g/mol. The van der Waals surface area contributed by atoms with Crippen molar-refractivity contribution in [1.29, 1.82) is 0 Å². The van der Waals surface area contributed by atoms with E-state index in [9.17, 15) is 9.59 Å². The van der Waals surface area contributed by atoms with Gasteiger partial charge in [-0.15, -0.1) is 0 Å². The van der Waals surface area contributed by atoms with Gasteiger partial charge in [0.25, 0.3) is 11.8 Å². The Labute approximate surface area is 191 Å². The molecular formula is C28H32N2O2. The van der Waals surface area contributed by atoms with Crippen molar-refractivity contribution >= 4 is 11.8 Å². The van der Waals surface area contributed by atoms with Crippen molar-refractivity contribution in [3.05, 3.63) is 107 Å². The van der Waals surface area contributed by atoms with Gasteiger partial charge in [0.05, 0.1) is 11.1 Å². The van der Waals surface area contributed by atoms with Crippen molar-refractivity contribution in [2.24, 2.45) is 0 Å². The van der Waals surface area contributed by atoms with E-state index in [1.807, 2.05) is 50.2 Å². The smallest absolute Gasteiger partial charge is 0.252 e. The van der Waals surface area contributed by atoms with E-state index in [2.05, 4.69) is 34.9 Å². The monoisotopic (exact) mass is 428 g/mol. The lowest BCUT2D eigenvalue weighted by molar-refractivity contribution is 0.0903.